The molecule has 1 saturated carbocycles. The lowest BCUT2D eigenvalue weighted by atomic mass is 10.2. The second kappa shape index (κ2) is 6.59. The van der Waals surface area contributed by atoms with Gasteiger partial charge in [-0.05, 0) is 38.0 Å². The van der Waals surface area contributed by atoms with Gasteiger partial charge in [-0.1, -0.05) is 24.4 Å². The minimum absolute atomic E-state index is 0.186. The maximum absolute atomic E-state index is 12.4. The lowest BCUT2D eigenvalue weighted by Crippen LogP contribution is -2.40. The van der Waals surface area contributed by atoms with Crippen LogP contribution in [0.25, 0.3) is 0 Å². The number of halogens is 1. The highest BCUT2D eigenvalue weighted by Crippen LogP contribution is 2.25. The van der Waals surface area contributed by atoms with Gasteiger partial charge in [0.2, 0.25) is 5.91 Å². The molecule has 0 aromatic heterocycles. The van der Waals surface area contributed by atoms with Crippen molar-refractivity contribution in [3.63, 3.8) is 0 Å². The highest BCUT2D eigenvalue weighted by Gasteiger charge is 2.26. The van der Waals surface area contributed by atoms with Crippen LogP contribution in [0.3, 0.4) is 0 Å². The van der Waals surface area contributed by atoms with Crippen molar-refractivity contribution in [2.24, 2.45) is 0 Å². The number of hydrogen-bond donors (Lipinski definition) is 2. The zero-order valence-corrected chi connectivity index (χ0v) is 13.0. The van der Waals surface area contributed by atoms with Crippen LogP contribution in [0.4, 0.5) is 5.69 Å². The van der Waals surface area contributed by atoms with Crippen LogP contribution in [0.15, 0.2) is 23.1 Å². The van der Waals surface area contributed by atoms with Gasteiger partial charge in [-0.25, -0.2) is 0 Å². The Bertz CT molecular complexity index is 530. The first kappa shape index (κ1) is 15.3. The summed E-state index contributed by atoms with van der Waals surface area (Å²) in [6.07, 6.45) is 4.29. The monoisotopic (exact) mass is 314 g/mol. The number of nitrogen functional groups attached to an aromatic ring is 1. The van der Waals surface area contributed by atoms with Gasteiger partial charge in [-0.2, -0.15) is 0 Å². The molecule has 1 aromatic rings. The first-order valence-electron chi connectivity index (χ1n) is 6.75. The molecule has 1 aromatic carbocycles. The number of anilines is 1. The molecular formula is C14H19ClN2O2S. The number of nitrogens with one attached hydrogen (secondary N) is 1. The summed E-state index contributed by atoms with van der Waals surface area (Å²) in [5.41, 5.74) is 6.17. The van der Waals surface area contributed by atoms with E-state index in [0.29, 0.717) is 15.6 Å². The summed E-state index contributed by atoms with van der Waals surface area (Å²) < 4.78 is 12.4. The molecule has 2 rings (SSSR count). The van der Waals surface area contributed by atoms with Crippen molar-refractivity contribution in [1.29, 1.82) is 0 Å². The molecule has 0 bridgehead atoms. The highest BCUT2D eigenvalue weighted by molar-refractivity contribution is 7.86. The average molecular weight is 315 g/mol. The lowest BCUT2D eigenvalue weighted by molar-refractivity contribution is -0.121. The second-order valence-corrected chi connectivity index (χ2v) is 7.27. The molecule has 2 unspecified atom stereocenters. The van der Waals surface area contributed by atoms with Gasteiger partial charge in [0.05, 0.1) is 20.7 Å². The smallest absolute Gasteiger partial charge is 0.236 e. The summed E-state index contributed by atoms with van der Waals surface area (Å²) in [5, 5.41) is 2.69. The van der Waals surface area contributed by atoms with Gasteiger partial charge < -0.3 is 11.1 Å². The summed E-state index contributed by atoms with van der Waals surface area (Å²) in [4.78, 5) is 12.5. The molecule has 0 radical (unpaired) electrons. The van der Waals surface area contributed by atoms with Crippen molar-refractivity contribution in [3.05, 3.63) is 23.2 Å². The van der Waals surface area contributed by atoms with Gasteiger partial charge in [0.25, 0.3) is 0 Å². The maximum atomic E-state index is 12.4. The fraction of sp³-hybridized carbons (Fsp3) is 0.500. The molecule has 0 spiro atoms. The fourth-order valence-corrected chi connectivity index (χ4v) is 3.85. The molecule has 4 nitrogen and oxygen atoms in total. The lowest BCUT2D eigenvalue weighted by Gasteiger charge is -2.17. The van der Waals surface area contributed by atoms with Gasteiger partial charge in [0.1, 0.15) is 5.25 Å². The van der Waals surface area contributed by atoms with Crippen LogP contribution in [0.1, 0.15) is 32.6 Å². The third kappa shape index (κ3) is 3.52. The minimum Gasteiger partial charge on any atom is -0.399 e. The Hall–Kier alpha value is -1.07. The molecule has 1 aliphatic carbocycles. The van der Waals surface area contributed by atoms with Crippen LogP contribution in [0, 0.1) is 0 Å². The SMILES string of the molecule is CC(C(=O)NC1CCCC1)S(=O)c1cc(N)ccc1Cl. The van der Waals surface area contributed by atoms with Crippen LogP contribution in [0.2, 0.25) is 5.02 Å². The number of amides is 1. The fourth-order valence-electron chi connectivity index (χ4n) is 2.35. The summed E-state index contributed by atoms with van der Waals surface area (Å²) in [6.45, 7) is 1.65. The van der Waals surface area contributed by atoms with E-state index in [4.69, 9.17) is 17.3 Å². The van der Waals surface area contributed by atoms with Gasteiger partial charge >= 0.3 is 0 Å². The number of hydrogen-bond acceptors (Lipinski definition) is 3. The summed E-state index contributed by atoms with van der Waals surface area (Å²) >= 11 is 6.03. The summed E-state index contributed by atoms with van der Waals surface area (Å²) in [5.74, 6) is -0.186. The highest BCUT2D eigenvalue weighted by atomic mass is 35.5. The number of rotatable bonds is 4. The zero-order valence-electron chi connectivity index (χ0n) is 11.4. The molecule has 0 heterocycles. The van der Waals surface area contributed by atoms with E-state index >= 15 is 0 Å². The molecule has 1 aliphatic rings. The third-order valence-electron chi connectivity index (χ3n) is 3.56. The molecule has 6 heteroatoms. The van der Waals surface area contributed by atoms with Crippen LogP contribution in [0.5, 0.6) is 0 Å². The Balaban J connectivity index is 2.07. The average Bonchev–Trinajstić information content (AvgIpc) is 2.92. The van der Waals surface area contributed by atoms with E-state index in [0.717, 1.165) is 25.7 Å². The van der Waals surface area contributed by atoms with Crippen molar-refractivity contribution >= 4 is 34.0 Å². The minimum atomic E-state index is -1.50. The van der Waals surface area contributed by atoms with Crippen LogP contribution in [-0.2, 0) is 15.6 Å². The first-order valence-corrected chi connectivity index (χ1v) is 8.34. The Morgan fingerprint density at radius 1 is 1.45 bits per heavy atom. The normalized spacial score (nSPS) is 18.7. The molecule has 110 valence electrons. The van der Waals surface area contributed by atoms with E-state index in [9.17, 15) is 9.00 Å². The van der Waals surface area contributed by atoms with Crippen LogP contribution < -0.4 is 11.1 Å². The van der Waals surface area contributed by atoms with Gasteiger partial charge in [-0.3, -0.25) is 9.00 Å². The standard InChI is InChI=1S/C14H19ClN2O2S/c1-9(14(18)17-11-4-2-3-5-11)20(19)13-8-10(16)6-7-12(13)15/h6-9,11H,2-5,16H2,1H3,(H,17,18). The molecule has 0 saturated heterocycles. The van der Waals surface area contributed by atoms with E-state index in [-0.39, 0.29) is 11.9 Å². The summed E-state index contributed by atoms with van der Waals surface area (Å²) in [6, 6.07) is 5.04. The topological polar surface area (TPSA) is 72.2 Å². The Kier molecular flexibility index (Phi) is 5.05. The van der Waals surface area contributed by atoms with E-state index in [1.807, 2.05) is 0 Å². The van der Waals surface area contributed by atoms with Crippen LogP contribution in [-0.4, -0.2) is 21.4 Å². The Morgan fingerprint density at radius 2 is 2.10 bits per heavy atom. The van der Waals surface area contributed by atoms with E-state index in [1.54, 1.807) is 25.1 Å². The van der Waals surface area contributed by atoms with Gasteiger partial charge in [0.15, 0.2) is 0 Å². The maximum Gasteiger partial charge on any atom is 0.236 e. The predicted octanol–water partition coefficient (Wildman–Crippen LogP) is 2.48. The number of carbonyl (C=O) groups excluding carboxylic acids is 1. The third-order valence-corrected chi connectivity index (χ3v) is 5.63. The Labute approximate surface area is 126 Å². The molecule has 20 heavy (non-hydrogen) atoms. The molecule has 1 amide bonds. The van der Waals surface area contributed by atoms with Crippen LogP contribution >= 0.6 is 11.6 Å². The number of benzene rings is 1. The molecular weight excluding hydrogens is 296 g/mol. The van der Waals surface area contributed by atoms with Crippen molar-refractivity contribution in [2.75, 3.05) is 5.73 Å². The number of carbonyl (C=O) groups is 1. The van der Waals surface area contributed by atoms with E-state index in [1.165, 1.54) is 0 Å². The second-order valence-electron chi connectivity index (χ2n) is 5.12. The molecule has 0 aliphatic heterocycles. The number of nitrogens with two attached hydrogens (primary N) is 1. The van der Waals surface area contributed by atoms with Crippen molar-refractivity contribution in [1.82, 2.24) is 5.32 Å². The zero-order chi connectivity index (χ0) is 14.7. The van der Waals surface area contributed by atoms with E-state index < -0.39 is 16.0 Å². The van der Waals surface area contributed by atoms with Gasteiger partial charge in [-0.15, -0.1) is 0 Å². The van der Waals surface area contributed by atoms with Crippen molar-refractivity contribution in [2.45, 2.75) is 48.8 Å². The Morgan fingerprint density at radius 3 is 2.75 bits per heavy atom. The first-order chi connectivity index (χ1) is 9.49. The van der Waals surface area contributed by atoms with Crippen molar-refractivity contribution < 1.29 is 9.00 Å². The predicted molar refractivity (Wildman–Crippen MR) is 82.1 cm³/mol. The molecule has 1 fully saturated rings. The molecule has 3 N–H and O–H groups in total. The summed E-state index contributed by atoms with van der Waals surface area (Å²) in [7, 11) is -1.50. The van der Waals surface area contributed by atoms with Gasteiger partial charge in [0, 0.05) is 11.7 Å². The quantitative estimate of drug-likeness (QED) is 0.839. The van der Waals surface area contributed by atoms with Crippen molar-refractivity contribution in [3.8, 4) is 0 Å². The largest absolute Gasteiger partial charge is 0.399 e. The molecule has 2 atom stereocenters. The van der Waals surface area contributed by atoms with E-state index in [2.05, 4.69) is 5.32 Å².